The van der Waals surface area contributed by atoms with E-state index in [0.717, 1.165) is 0 Å². The minimum atomic E-state index is -0.495. The maximum atomic E-state index is 10.4. The fraction of sp³-hybridized carbons (Fsp3) is 0.111. The summed E-state index contributed by atoms with van der Waals surface area (Å²) in [5, 5.41) is 2.17. The Morgan fingerprint density at radius 3 is 1.79 bits per heavy atom. The predicted octanol–water partition coefficient (Wildman–Crippen LogP) is 0.0700. The molecule has 0 saturated heterocycles. The van der Waals surface area contributed by atoms with Gasteiger partial charge in [-0.1, -0.05) is 18.2 Å². The average Bonchev–Trinajstić information content (AvgIpc) is 2.20. The highest BCUT2D eigenvalue weighted by Gasteiger charge is 1.93. The van der Waals surface area contributed by atoms with Crippen molar-refractivity contribution in [3.63, 3.8) is 0 Å². The van der Waals surface area contributed by atoms with E-state index in [1.165, 1.54) is 7.05 Å². The molecular formula is C9H13N3O2. The molecule has 5 N–H and O–H groups in total. The largest absolute Gasteiger partial charge is 0.366 e. The number of benzene rings is 1. The zero-order chi connectivity index (χ0) is 11.0. The van der Waals surface area contributed by atoms with E-state index in [1.807, 2.05) is 6.07 Å². The molecule has 0 radical (unpaired) electrons. The maximum absolute atomic E-state index is 10.4. The van der Waals surface area contributed by atoms with Crippen molar-refractivity contribution in [2.45, 2.75) is 0 Å². The maximum Gasteiger partial charge on any atom is 0.311 e. The van der Waals surface area contributed by atoms with Gasteiger partial charge in [-0.2, -0.15) is 0 Å². The van der Waals surface area contributed by atoms with Gasteiger partial charge < -0.3 is 16.8 Å². The third-order valence-electron chi connectivity index (χ3n) is 1.30. The molecule has 0 aromatic heterocycles. The fourth-order valence-corrected chi connectivity index (χ4v) is 0.602. The van der Waals surface area contributed by atoms with Gasteiger partial charge in [-0.25, -0.2) is 4.79 Å². The number of rotatable bonds is 1. The summed E-state index contributed by atoms with van der Waals surface area (Å²) in [6.45, 7) is 0. The van der Waals surface area contributed by atoms with Crippen molar-refractivity contribution in [2.24, 2.45) is 11.5 Å². The monoisotopic (exact) mass is 195 g/mol. The summed E-state index contributed by atoms with van der Waals surface area (Å²) < 4.78 is 0. The third kappa shape index (κ3) is 5.59. The van der Waals surface area contributed by atoms with Crippen LogP contribution in [0.1, 0.15) is 10.4 Å². The van der Waals surface area contributed by atoms with Crippen molar-refractivity contribution in [3.8, 4) is 0 Å². The van der Waals surface area contributed by atoms with E-state index >= 15 is 0 Å². The second-order valence-electron chi connectivity index (χ2n) is 2.34. The number of hydrogen-bond acceptors (Lipinski definition) is 2. The highest BCUT2D eigenvalue weighted by atomic mass is 16.2. The van der Waals surface area contributed by atoms with Gasteiger partial charge in [0.1, 0.15) is 0 Å². The first-order valence-electron chi connectivity index (χ1n) is 3.90. The van der Waals surface area contributed by atoms with Gasteiger partial charge in [-0.15, -0.1) is 0 Å². The number of amides is 3. The molecule has 0 saturated carbocycles. The summed E-state index contributed by atoms with van der Waals surface area (Å²) in [6, 6.07) is 8.27. The van der Waals surface area contributed by atoms with Gasteiger partial charge in [0.05, 0.1) is 0 Å². The first kappa shape index (κ1) is 12.0. The van der Waals surface area contributed by atoms with Gasteiger partial charge in [0.25, 0.3) is 0 Å². The normalized spacial score (nSPS) is 8.07. The Morgan fingerprint density at radius 1 is 1.14 bits per heavy atom. The number of carbonyl (C=O) groups excluding carboxylic acids is 2. The van der Waals surface area contributed by atoms with E-state index in [-0.39, 0.29) is 5.91 Å². The Hall–Kier alpha value is -2.04. The second-order valence-corrected chi connectivity index (χ2v) is 2.34. The quantitative estimate of drug-likeness (QED) is 0.591. The molecular weight excluding hydrogens is 182 g/mol. The highest BCUT2D eigenvalue weighted by Crippen LogP contribution is 1.94. The molecule has 5 heteroatoms. The van der Waals surface area contributed by atoms with E-state index in [1.54, 1.807) is 24.3 Å². The smallest absolute Gasteiger partial charge is 0.311 e. The van der Waals surface area contributed by atoms with Gasteiger partial charge >= 0.3 is 6.03 Å². The molecule has 1 rings (SSSR count). The lowest BCUT2D eigenvalue weighted by Crippen LogP contribution is -2.24. The first-order chi connectivity index (χ1) is 6.57. The van der Waals surface area contributed by atoms with E-state index in [0.29, 0.717) is 5.56 Å². The molecule has 0 heterocycles. The number of urea groups is 1. The second kappa shape index (κ2) is 6.47. The topological polar surface area (TPSA) is 98.2 Å². The van der Waals surface area contributed by atoms with Crippen LogP contribution in [0, 0.1) is 0 Å². The predicted molar refractivity (Wildman–Crippen MR) is 53.6 cm³/mol. The van der Waals surface area contributed by atoms with Crippen LogP contribution < -0.4 is 16.8 Å². The SMILES string of the molecule is CNC(N)=O.NC(=O)c1ccccc1. The minimum Gasteiger partial charge on any atom is -0.366 e. The Kier molecular flexibility index (Phi) is 5.53. The van der Waals surface area contributed by atoms with Gasteiger partial charge in [-0.05, 0) is 12.1 Å². The molecule has 0 aliphatic carbocycles. The lowest BCUT2D eigenvalue weighted by atomic mass is 10.2. The summed E-state index contributed by atoms with van der Waals surface area (Å²) in [6.07, 6.45) is 0. The number of nitrogens with two attached hydrogens (primary N) is 2. The standard InChI is InChI=1S/C7H7NO.C2H6N2O/c8-7(9)6-4-2-1-3-5-6;1-4-2(3)5/h1-5H,(H2,8,9);1H3,(H3,3,4,5). The van der Waals surface area contributed by atoms with Crippen molar-refractivity contribution in [3.05, 3.63) is 35.9 Å². The molecule has 0 spiro atoms. The van der Waals surface area contributed by atoms with E-state index < -0.39 is 6.03 Å². The third-order valence-corrected chi connectivity index (χ3v) is 1.30. The van der Waals surface area contributed by atoms with Crippen LogP contribution in [-0.2, 0) is 0 Å². The van der Waals surface area contributed by atoms with E-state index in [2.05, 4.69) is 11.1 Å². The van der Waals surface area contributed by atoms with Crippen molar-refractivity contribution in [1.29, 1.82) is 0 Å². The number of carbonyl (C=O) groups is 2. The molecule has 76 valence electrons. The molecule has 5 nitrogen and oxygen atoms in total. The van der Waals surface area contributed by atoms with Gasteiger partial charge in [0.2, 0.25) is 5.91 Å². The van der Waals surface area contributed by atoms with Crippen LogP contribution in [0.4, 0.5) is 4.79 Å². The van der Waals surface area contributed by atoms with Crippen LogP contribution in [0.5, 0.6) is 0 Å². The fourth-order valence-electron chi connectivity index (χ4n) is 0.602. The van der Waals surface area contributed by atoms with Crippen LogP contribution in [0.2, 0.25) is 0 Å². The average molecular weight is 195 g/mol. The lowest BCUT2D eigenvalue weighted by molar-refractivity contribution is 0.100. The molecule has 0 unspecified atom stereocenters. The van der Waals surface area contributed by atoms with Crippen LogP contribution in [0.15, 0.2) is 30.3 Å². The van der Waals surface area contributed by atoms with E-state index in [9.17, 15) is 9.59 Å². The molecule has 0 aliphatic rings. The molecule has 0 fully saturated rings. The summed E-state index contributed by atoms with van der Waals surface area (Å²) in [4.78, 5) is 19.9. The zero-order valence-electron chi connectivity index (χ0n) is 7.86. The van der Waals surface area contributed by atoms with Crippen molar-refractivity contribution in [1.82, 2.24) is 5.32 Å². The van der Waals surface area contributed by atoms with Gasteiger partial charge in [0, 0.05) is 12.6 Å². The van der Waals surface area contributed by atoms with Crippen LogP contribution >= 0.6 is 0 Å². The van der Waals surface area contributed by atoms with Crippen LogP contribution in [0.3, 0.4) is 0 Å². The number of nitrogens with one attached hydrogen (secondary N) is 1. The molecule has 0 bridgehead atoms. The summed E-state index contributed by atoms with van der Waals surface area (Å²) in [7, 11) is 1.47. The van der Waals surface area contributed by atoms with Crippen LogP contribution in [0.25, 0.3) is 0 Å². The minimum absolute atomic E-state index is 0.379. The Balaban J connectivity index is 0.000000292. The summed E-state index contributed by atoms with van der Waals surface area (Å²) >= 11 is 0. The lowest BCUT2D eigenvalue weighted by Gasteiger charge is -1.89. The highest BCUT2D eigenvalue weighted by molar-refractivity contribution is 5.92. The van der Waals surface area contributed by atoms with Crippen molar-refractivity contribution >= 4 is 11.9 Å². The van der Waals surface area contributed by atoms with Gasteiger partial charge in [0.15, 0.2) is 0 Å². The van der Waals surface area contributed by atoms with Crippen LogP contribution in [-0.4, -0.2) is 19.0 Å². The molecule has 14 heavy (non-hydrogen) atoms. The molecule has 3 amide bonds. The molecule has 1 aromatic carbocycles. The molecule has 1 aromatic rings. The Bertz CT molecular complexity index is 298. The van der Waals surface area contributed by atoms with Crippen molar-refractivity contribution < 1.29 is 9.59 Å². The van der Waals surface area contributed by atoms with E-state index in [4.69, 9.17) is 5.73 Å². The first-order valence-corrected chi connectivity index (χ1v) is 3.90. The molecule has 0 atom stereocenters. The zero-order valence-corrected chi connectivity index (χ0v) is 7.86. The summed E-state index contributed by atoms with van der Waals surface area (Å²) in [5.41, 5.74) is 10.1. The van der Waals surface area contributed by atoms with Gasteiger partial charge in [-0.3, -0.25) is 4.79 Å². The molecule has 0 aliphatic heterocycles. The Labute approximate surface area is 82.1 Å². The number of primary amides is 2. The summed E-state index contributed by atoms with van der Waals surface area (Å²) in [5.74, 6) is -0.379. The van der Waals surface area contributed by atoms with Crippen molar-refractivity contribution in [2.75, 3.05) is 7.05 Å². The Morgan fingerprint density at radius 2 is 1.57 bits per heavy atom. The number of hydrogen-bond donors (Lipinski definition) is 3.